The smallest absolute Gasteiger partial charge is 0.329 e. The molecule has 0 atom stereocenters. The van der Waals surface area contributed by atoms with E-state index in [-0.39, 0.29) is 0 Å². The minimum absolute atomic E-state index is 0.381. The van der Waals surface area contributed by atoms with Crippen LogP contribution in [0.3, 0.4) is 0 Å². The van der Waals surface area contributed by atoms with Crippen LogP contribution in [-0.4, -0.2) is 24.6 Å². The van der Waals surface area contributed by atoms with Crippen molar-refractivity contribution in [1.29, 1.82) is 0 Å². The minimum Gasteiger partial charge on any atom is -0.490 e. The summed E-state index contributed by atoms with van der Waals surface area (Å²) in [5.74, 6) is -0.621. The Morgan fingerprint density at radius 1 is 0.919 bits per heavy atom. The Hall–Kier alpha value is -4.36. The number of nitrogens with one attached hydrogen (secondary N) is 2. The van der Waals surface area contributed by atoms with E-state index in [0.717, 1.165) is 21.9 Å². The normalized spacial score (nSPS) is 10.9. The fourth-order valence-electron chi connectivity index (χ4n) is 3.69. The summed E-state index contributed by atoms with van der Waals surface area (Å²) in [7, 11) is 0. The van der Waals surface area contributed by atoms with Crippen molar-refractivity contribution in [3.8, 4) is 11.5 Å². The number of benzene rings is 4. The molecule has 188 valence electrons. The highest BCUT2D eigenvalue weighted by Gasteiger charge is 2.14. The van der Waals surface area contributed by atoms with Gasteiger partial charge >= 0.3 is 11.8 Å². The predicted molar refractivity (Wildman–Crippen MR) is 146 cm³/mol. The lowest BCUT2D eigenvalue weighted by Gasteiger charge is -2.13. The van der Waals surface area contributed by atoms with E-state index in [9.17, 15) is 9.59 Å². The number of amides is 2. The van der Waals surface area contributed by atoms with Gasteiger partial charge in [-0.3, -0.25) is 9.59 Å². The topological polar surface area (TPSA) is 89.0 Å². The van der Waals surface area contributed by atoms with Gasteiger partial charge in [0.1, 0.15) is 6.61 Å². The molecule has 0 fully saturated rings. The highest BCUT2D eigenvalue weighted by Crippen LogP contribution is 2.30. The predicted octanol–water partition coefficient (Wildman–Crippen LogP) is 5.87. The number of fused-ring (bicyclic) bond motifs is 1. The van der Waals surface area contributed by atoms with Gasteiger partial charge in [-0.15, -0.1) is 0 Å². The van der Waals surface area contributed by atoms with Crippen LogP contribution in [0.15, 0.2) is 84.0 Å². The van der Waals surface area contributed by atoms with Crippen molar-refractivity contribution in [3.63, 3.8) is 0 Å². The van der Waals surface area contributed by atoms with E-state index in [0.29, 0.717) is 41.0 Å². The number of carbonyl (C=O) groups is 2. The zero-order chi connectivity index (χ0) is 26.2. The number of hydrazone groups is 1. The van der Waals surface area contributed by atoms with Crippen molar-refractivity contribution in [2.24, 2.45) is 5.10 Å². The third kappa shape index (κ3) is 6.65. The molecule has 4 aromatic rings. The highest BCUT2D eigenvalue weighted by atomic mass is 35.5. The number of hydrogen-bond donors (Lipinski definition) is 2. The Morgan fingerprint density at radius 3 is 2.57 bits per heavy atom. The van der Waals surface area contributed by atoms with E-state index in [4.69, 9.17) is 21.1 Å². The Labute approximate surface area is 220 Å². The number of rotatable bonds is 8. The number of halogens is 1. The number of carbonyl (C=O) groups excluding carboxylic acids is 2. The summed E-state index contributed by atoms with van der Waals surface area (Å²) < 4.78 is 11.8. The van der Waals surface area contributed by atoms with Crippen molar-refractivity contribution < 1.29 is 19.1 Å². The third-order valence-corrected chi connectivity index (χ3v) is 5.80. The Balaban J connectivity index is 1.40. The summed E-state index contributed by atoms with van der Waals surface area (Å²) in [6.07, 6.45) is 1.42. The first-order chi connectivity index (χ1) is 17.9. The molecule has 0 heterocycles. The average molecular weight is 516 g/mol. The molecule has 8 heteroatoms. The van der Waals surface area contributed by atoms with E-state index in [1.807, 2.05) is 31.2 Å². The molecule has 0 aliphatic carbocycles. The monoisotopic (exact) mass is 515 g/mol. The van der Waals surface area contributed by atoms with Gasteiger partial charge in [-0.1, -0.05) is 60.1 Å². The van der Waals surface area contributed by atoms with Gasteiger partial charge in [0, 0.05) is 10.7 Å². The van der Waals surface area contributed by atoms with E-state index in [2.05, 4.69) is 34.0 Å². The molecule has 0 radical (unpaired) electrons. The first kappa shape index (κ1) is 25.7. The maximum atomic E-state index is 12.2. The zero-order valence-electron chi connectivity index (χ0n) is 20.5. The van der Waals surface area contributed by atoms with Crippen molar-refractivity contribution in [2.45, 2.75) is 20.5 Å². The van der Waals surface area contributed by atoms with Crippen LogP contribution in [0, 0.1) is 6.92 Å². The van der Waals surface area contributed by atoms with Gasteiger partial charge in [-0.05, 0) is 71.6 Å². The van der Waals surface area contributed by atoms with E-state index in [1.54, 1.807) is 43.3 Å². The van der Waals surface area contributed by atoms with Crippen LogP contribution in [0.5, 0.6) is 11.5 Å². The van der Waals surface area contributed by atoms with Crippen molar-refractivity contribution >= 4 is 46.1 Å². The number of anilines is 1. The maximum absolute atomic E-state index is 12.2. The lowest BCUT2D eigenvalue weighted by atomic mass is 10.1. The number of nitrogens with zero attached hydrogens (tertiary/aromatic N) is 1. The first-order valence-corrected chi connectivity index (χ1v) is 12.1. The van der Waals surface area contributed by atoms with Crippen LogP contribution < -0.4 is 20.2 Å². The van der Waals surface area contributed by atoms with Crippen LogP contribution in [-0.2, 0) is 16.2 Å². The second kappa shape index (κ2) is 12.1. The Morgan fingerprint density at radius 2 is 1.73 bits per heavy atom. The van der Waals surface area contributed by atoms with E-state index < -0.39 is 11.8 Å². The second-order valence-corrected chi connectivity index (χ2v) is 8.62. The van der Waals surface area contributed by atoms with Crippen LogP contribution in [0.2, 0.25) is 5.02 Å². The summed E-state index contributed by atoms with van der Waals surface area (Å²) in [6, 6.07) is 24.6. The molecule has 0 aliphatic rings. The molecule has 2 amide bonds. The van der Waals surface area contributed by atoms with Crippen molar-refractivity contribution in [3.05, 3.63) is 101 Å². The molecule has 0 aromatic heterocycles. The maximum Gasteiger partial charge on any atom is 0.329 e. The van der Waals surface area contributed by atoms with Crippen LogP contribution in [0.4, 0.5) is 5.69 Å². The van der Waals surface area contributed by atoms with Gasteiger partial charge < -0.3 is 14.8 Å². The number of hydrogen-bond acceptors (Lipinski definition) is 5. The summed E-state index contributed by atoms with van der Waals surface area (Å²) >= 11 is 5.96. The average Bonchev–Trinajstić information content (AvgIpc) is 2.90. The fraction of sp³-hybridized carbons (Fsp3) is 0.138. The van der Waals surface area contributed by atoms with Crippen molar-refractivity contribution in [1.82, 2.24) is 5.43 Å². The number of ether oxygens (including phenoxy) is 2. The van der Waals surface area contributed by atoms with Crippen molar-refractivity contribution in [2.75, 3.05) is 11.9 Å². The van der Waals surface area contributed by atoms with E-state index in [1.165, 1.54) is 6.21 Å². The SMILES string of the molecule is CCOc1cc(/C=N/NC(=O)C(=O)Nc2cc(Cl)ccc2C)ccc1OCc1cccc2ccccc12. The lowest BCUT2D eigenvalue weighted by molar-refractivity contribution is -0.136. The minimum atomic E-state index is -0.907. The molecule has 37 heavy (non-hydrogen) atoms. The van der Waals surface area contributed by atoms with Gasteiger partial charge in [-0.2, -0.15) is 5.10 Å². The molecule has 0 spiro atoms. The molecule has 0 unspecified atom stereocenters. The van der Waals surface area contributed by atoms with Crippen LogP contribution in [0.1, 0.15) is 23.6 Å². The first-order valence-electron chi connectivity index (χ1n) is 11.7. The molecular formula is C29H26ClN3O4. The van der Waals surface area contributed by atoms with Gasteiger partial charge in [0.2, 0.25) is 0 Å². The van der Waals surface area contributed by atoms with Gasteiger partial charge in [0.05, 0.1) is 12.8 Å². The molecule has 0 saturated heterocycles. The van der Waals surface area contributed by atoms with Gasteiger partial charge in [-0.25, -0.2) is 5.43 Å². The molecule has 4 rings (SSSR count). The lowest BCUT2D eigenvalue weighted by Crippen LogP contribution is -2.32. The van der Waals surface area contributed by atoms with E-state index >= 15 is 0 Å². The van der Waals surface area contributed by atoms with Gasteiger partial charge in [0.25, 0.3) is 0 Å². The molecule has 2 N–H and O–H groups in total. The molecule has 0 saturated carbocycles. The zero-order valence-corrected chi connectivity index (χ0v) is 21.2. The summed E-state index contributed by atoms with van der Waals surface area (Å²) in [4.78, 5) is 24.4. The Kier molecular flexibility index (Phi) is 8.38. The molecule has 7 nitrogen and oxygen atoms in total. The van der Waals surface area contributed by atoms with Gasteiger partial charge in [0.15, 0.2) is 11.5 Å². The van der Waals surface area contributed by atoms with Crippen LogP contribution >= 0.6 is 11.6 Å². The third-order valence-electron chi connectivity index (χ3n) is 5.56. The highest BCUT2D eigenvalue weighted by molar-refractivity contribution is 6.40. The molecule has 0 aliphatic heterocycles. The quantitative estimate of drug-likeness (QED) is 0.174. The summed E-state index contributed by atoms with van der Waals surface area (Å²) in [6.45, 7) is 4.51. The molecule has 0 bridgehead atoms. The van der Waals surface area contributed by atoms with Crippen LogP contribution in [0.25, 0.3) is 10.8 Å². The second-order valence-electron chi connectivity index (χ2n) is 8.18. The summed E-state index contributed by atoms with van der Waals surface area (Å²) in [5, 5.41) is 9.16. The fourth-order valence-corrected chi connectivity index (χ4v) is 3.86. The molecule has 4 aromatic carbocycles. The molecular weight excluding hydrogens is 490 g/mol. The largest absolute Gasteiger partial charge is 0.490 e. The standard InChI is InChI=1S/C29H26ClN3O4/c1-3-36-27-15-20(17-31-33-29(35)28(34)32-25-16-23(30)13-11-19(25)2)12-14-26(27)37-18-22-9-6-8-21-7-4-5-10-24(21)22/h4-17H,3,18H2,1-2H3,(H,32,34)(H,33,35)/b31-17+. The summed E-state index contributed by atoms with van der Waals surface area (Å²) in [5.41, 5.74) is 5.19. The Bertz CT molecular complexity index is 1460. The number of aryl methyl sites for hydroxylation is 1.